The smallest absolute Gasteiger partial charge is 0.166 e. The first-order valence-corrected chi connectivity index (χ1v) is 10.4. The van der Waals surface area contributed by atoms with Crippen LogP contribution in [-0.4, -0.2) is 19.5 Å². The molecule has 0 unspecified atom stereocenters. The van der Waals surface area contributed by atoms with Crippen molar-refractivity contribution < 1.29 is 18.3 Å². The van der Waals surface area contributed by atoms with Crippen molar-refractivity contribution in [3.05, 3.63) is 95.6 Å². The average molecular weight is 418 g/mol. The maximum Gasteiger partial charge on any atom is 0.166 e. The molecule has 0 atom stereocenters. The van der Waals surface area contributed by atoms with E-state index in [9.17, 15) is 8.78 Å². The highest BCUT2D eigenvalue weighted by molar-refractivity contribution is 5.84. The Morgan fingerprint density at radius 2 is 1.65 bits per heavy atom. The Hall–Kier alpha value is -3.00. The Bertz CT molecular complexity index is 1120. The Labute approximate surface area is 181 Å². The van der Waals surface area contributed by atoms with Gasteiger partial charge >= 0.3 is 0 Å². The normalized spacial score (nSPS) is 18.4. The molecule has 2 nitrogen and oxygen atoms in total. The summed E-state index contributed by atoms with van der Waals surface area (Å²) in [5, 5.41) is 0.890. The first-order valence-electron chi connectivity index (χ1n) is 10.4. The Kier molecular flexibility index (Phi) is 6.76. The summed E-state index contributed by atoms with van der Waals surface area (Å²) in [4.78, 5) is 0. The molecule has 0 aliphatic carbocycles. The lowest BCUT2D eigenvalue weighted by Crippen LogP contribution is -2.32. The van der Waals surface area contributed by atoms with Crippen molar-refractivity contribution in [2.24, 2.45) is 5.92 Å². The first kappa shape index (κ1) is 21.2. The van der Waals surface area contributed by atoms with Crippen LogP contribution in [0.1, 0.15) is 29.5 Å². The summed E-state index contributed by atoms with van der Waals surface area (Å²) in [6.45, 7) is 5.21. The van der Waals surface area contributed by atoms with Crippen molar-refractivity contribution in [3.63, 3.8) is 0 Å². The second kappa shape index (κ2) is 9.87. The van der Waals surface area contributed by atoms with Gasteiger partial charge in [0.25, 0.3) is 0 Å². The van der Waals surface area contributed by atoms with Crippen LogP contribution in [0.3, 0.4) is 0 Å². The topological polar surface area (TPSA) is 18.5 Å². The lowest BCUT2D eigenvalue weighted by Gasteiger charge is -2.28. The SMILES string of the molecule is C=CCC1COC(CCc2ccc(C#Cc3ccc4c(F)c(F)ccc4c3)cc2)OC1. The molecule has 4 heteroatoms. The standard InChI is InChI=1S/C27H24F2O2/c1-2-3-22-17-30-26(31-18-22)15-11-20-6-4-19(5-7-20)8-9-21-10-13-24-23(16-21)12-14-25(28)27(24)29/h2,4-7,10,12-14,16,22,26H,1,3,11,15,17-18H2. The molecule has 0 spiro atoms. The van der Waals surface area contributed by atoms with E-state index >= 15 is 0 Å². The predicted octanol–water partition coefficient (Wildman–Crippen LogP) is 6.02. The van der Waals surface area contributed by atoms with E-state index in [1.807, 2.05) is 18.2 Å². The van der Waals surface area contributed by atoms with Gasteiger partial charge in [-0.2, -0.15) is 0 Å². The Morgan fingerprint density at radius 1 is 0.935 bits per heavy atom. The van der Waals surface area contributed by atoms with Crippen molar-refractivity contribution in [1.82, 2.24) is 0 Å². The minimum absolute atomic E-state index is 0.147. The Balaban J connectivity index is 1.34. The van der Waals surface area contributed by atoms with Crippen molar-refractivity contribution >= 4 is 10.8 Å². The maximum absolute atomic E-state index is 13.8. The van der Waals surface area contributed by atoms with E-state index in [1.54, 1.807) is 24.3 Å². The number of halogens is 2. The fraction of sp³-hybridized carbons (Fsp3) is 0.259. The lowest BCUT2D eigenvalue weighted by atomic mass is 10.0. The van der Waals surface area contributed by atoms with Gasteiger partial charge in [-0.05, 0) is 54.1 Å². The van der Waals surface area contributed by atoms with E-state index in [4.69, 9.17) is 9.47 Å². The minimum Gasteiger partial charge on any atom is -0.352 e. The maximum atomic E-state index is 13.8. The number of aryl methyl sites for hydroxylation is 1. The van der Waals surface area contributed by atoms with Gasteiger partial charge in [-0.25, -0.2) is 8.78 Å². The van der Waals surface area contributed by atoms with Crippen molar-refractivity contribution in [2.45, 2.75) is 25.6 Å². The molecule has 0 N–H and O–H groups in total. The highest BCUT2D eigenvalue weighted by Crippen LogP contribution is 2.22. The minimum atomic E-state index is -0.843. The number of hydrogen-bond acceptors (Lipinski definition) is 2. The van der Waals surface area contributed by atoms with E-state index in [0.29, 0.717) is 11.3 Å². The molecule has 0 amide bonds. The van der Waals surface area contributed by atoms with E-state index in [1.165, 1.54) is 5.56 Å². The van der Waals surface area contributed by atoms with Crippen LogP contribution < -0.4 is 0 Å². The van der Waals surface area contributed by atoms with E-state index in [-0.39, 0.29) is 11.7 Å². The fourth-order valence-corrected chi connectivity index (χ4v) is 3.65. The van der Waals surface area contributed by atoms with Gasteiger partial charge in [0.05, 0.1) is 13.2 Å². The van der Waals surface area contributed by atoms with Gasteiger partial charge in [-0.3, -0.25) is 0 Å². The number of hydrogen-bond donors (Lipinski definition) is 0. The van der Waals surface area contributed by atoms with Crippen molar-refractivity contribution in [3.8, 4) is 11.8 Å². The van der Waals surface area contributed by atoms with Crippen LogP contribution in [0.25, 0.3) is 10.8 Å². The summed E-state index contributed by atoms with van der Waals surface area (Å²) in [5.41, 5.74) is 2.85. The summed E-state index contributed by atoms with van der Waals surface area (Å²) in [5.74, 6) is 4.96. The summed E-state index contributed by atoms with van der Waals surface area (Å²) < 4.78 is 38.7. The molecule has 1 aliphatic rings. The van der Waals surface area contributed by atoms with E-state index in [2.05, 4.69) is 30.6 Å². The second-order valence-electron chi connectivity index (χ2n) is 7.77. The predicted molar refractivity (Wildman–Crippen MR) is 119 cm³/mol. The summed E-state index contributed by atoms with van der Waals surface area (Å²) in [6, 6.07) is 15.8. The fourth-order valence-electron chi connectivity index (χ4n) is 3.65. The van der Waals surface area contributed by atoms with E-state index in [0.717, 1.165) is 49.7 Å². The monoisotopic (exact) mass is 418 g/mol. The third-order valence-corrected chi connectivity index (χ3v) is 5.42. The van der Waals surface area contributed by atoms with Crippen LogP contribution >= 0.6 is 0 Å². The van der Waals surface area contributed by atoms with Crippen LogP contribution in [0.5, 0.6) is 0 Å². The third-order valence-electron chi connectivity index (χ3n) is 5.42. The second-order valence-corrected chi connectivity index (χ2v) is 7.77. The van der Waals surface area contributed by atoms with Gasteiger partial charge in [0, 0.05) is 28.9 Å². The number of rotatable bonds is 5. The van der Waals surface area contributed by atoms with Gasteiger partial charge in [-0.1, -0.05) is 42.2 Å². The summed E-state index contributed by atoms with van der Waals surface area (Å²) in [7, 11) is 0. The molecule has 1 saturated heterocycles. The molecule has 0 radical (unpaired) electrons. The molecule has 4 rings (SSSR count). The van der Waals surface area contributed by atoms with Crippen LogP contribution in [0.15, 0.2) is 67.3 Å². The van der Waals surface area contributed by atoms with Crippen LogP contribution in [0.2, 0.25) is 0 Å². The molecule has 1 heterocycles. The molecular weight excluding hydrogens is 394 g/mol. The van der Waals surface area contributed by atoms with Crippen molar-refractivity contribution in [2.75, 3.05) is 13.2 Å². The largest absolute Gasteiger partial charge is 0.352 e. The van der Waals surface area contributed by atoms with Crippen LogP contribution in [0.4, 0.5) is 8.78 Å². The number of fused-ring (bicyclic) bond motifs is 1. The first-order chi connectivity index (χ1) is 15.1. The Morgan fingerprint density at radius 3 is 2.39 bits per heavy atom. The van der Waals surface area contributed by atoms with Gasteiger partial charge in [0.2, 0.25) is 0 Å². The van der Waals surface area contributed by atoms with E-state index < -0.39 is 11.6 Å². The summed E-state index contributed by atoms with van der Waals surface area (Å²) >= 11 is 0. The van der Waals surface area contributed by atoms with Crippen LogP contribution in [0, 0.1) is 29.4 Å². The third kappa shape index (κ3) is 5.38. The molecule has 0 bridgehead atoms. The molecule has 3 aromatic carbocycles. The highest BCUT2D eigenvalue weighted by atomic mass is 19.2. The molecule has 3 aromatic rings. The molecule has 0 saturated carbocycles. The zero-order valence-electron chi connectivity index (χ0n) is 17.2. The molecule has 1 aliphatic heterocycles. The molecule has 1 fully saturated rings. The van der Waals surface area contributed by atoms with Gasteiger partial charge < -0.3 is 9.47 Å². The van der Waals surface area contributed by atoms with Gasteiger partial charge in [0.15, 0.2) is 17.9 Å². The van der Waals surface area contributed by atoms with Gasteiger partial charge in [-0.15, -0.1) is 6.58 Å². The molecular formula is C27H24F2O2. The molecule has 31 heavy (non-hydrogen) atoms. The lowest BCUT2D eigenvalue weighted by molar-refractivity contribution is -0.201. The number of benzene rings is 3. The zero-order chi connectivity index (χ0) is 21.6. The zero-order valence-corrected chi connectivity index (χ0v) is 17.2. The summed E-state index contributed by atoms with van der Waals surface area (Å²) in [6.07, 6.45) is 4.37. The molecule has 0 aromatic heterocycles. The number of ether oxygens (including phenoxy) is 2. The average Bonchev–Trinajstić information content (AvgIpc) is 2.80. The molecule has 158 valence electrons. The van der Waals surface area contributed by atoms with Crippen LogP contribution in [-0.2, 0) is 15.9 Å². The van der Waals surface area contributed by atoms with Gasteiger partial charge in [0.1, 0.15) is 0 Å². The quantitative estimate of drug-likeness (QED) is 0.373. The number of allylic oxidation sites excluding steroid dienone is 1. The highest BCUT2D eigenvalue weighted by Gasteiger charge is 2.20. The van der Waals surface area contributed by atoms with Crippen molar-refractivity contribution in [1.29, 1.82) is 0 Å².